The van der Waals surface area contributed by atoms with Crippen molar-refractivity contribution in [1.29, 1.82) is 0 Å². The topological polar surface area (TPSA) is 43.4 Å². The average molecular weight is 285 g/mol. The highest BCUT2D eigenvalue weighted by molar-refractivity contribution is 9.09. The van der Waals surface area contributed by atoms with Crippen LogP contribution in [0.1, 0.15) is 6.92 Å². The standard InChI is InChI=1S/C5H8BrF3O3S/c1-4(2-6)3-12-13(10,11)5(7,8)9/h4H,2-3H2,1H3. The molecule has 0 aromatic rings. The summed E-state index contributed by atoms with van der Waals surface area (Å²) in [7, 11) is -5.42. The van der Waals surface area contributed by atoms with Crippen LogP contribution < -0.4 is 0 Å². The molecule has 8 heteroatoms. The first kappa shape index (κ1) is 13.2. The highest BCUT2D eigenvalue weighted by Crippen LogP contribution is 2.25. The maximum Gasteiger partial charge on any atom is 0.523 e. The zero-order valence-corrected chi connectivity index (χ0v) is 9.04. The molecule has 0 aromatic carbocycles. The van der Waals surface area contributed by atoms with Crippen LogP contribution in [0.2, 0.25) is 0 Å². The summed E-state index contributed by atoms with van der Waals surface area (Å²) < 4.78 is 59.4. The third kappa shape index (κ3) is 4.28. The molecule has 0 aliphatic heterocycles. The van der Waals surface area contributed by atoms with E-state index in [2.05, 4.69) is 20.1 Å². The normalized spacial score (nSPS) is 15.8. The van der Waals surface area contributed by atoms with Crippen molar-refractivity contribution in [3.63, 3.8) is 0 Å². The van der Waals surface area contributed by atoms with Gasteiger partial charge >= 0.3 is 15.6 Å². The van der Waals surface area contributed by atoms with Gasteiger partial charge in [0.15, 0.2) is 0 Å². The minimum atomic E-state index is -5.42. The molecule has 0 spiro atoms. The van der Waals surface area contributed by atoms with Gasteiger partial charge in [-0.2, -0.15) is 21.6 Å². The summed E-state index contributed by atoms with van der Waals surface area (Å²) >= 11 is 2.98. The summed E-state index contributed by atoms with van der Waals surface area (Å²) in [5, 5.41) is 0.375. The summed E-state index contributed by atoms with van der Waals surface area (Å²) in [4.78, 5) is 0. The van der Waals surface area contributed by atoms with Crippen molar-refractivity contribution in [3.8, 4) is 0 Å². The Kier molecular flexibility index (Phi) is 4.67. The molecular weight excluding hydrogens is 277 g/mol. The van der Waals surface area contributed by atoms with Crippen molar-refractivity contribution in [1.82, 2.24) is 0 Å². The Bertz CT molecular complexity index is 248. The predicted octanol–water partition coefficient (Wildman–Crippen LogP) is 1.88. The van der Waals surface area contributed by atoms with Crippen molar-refractivity contribution in [3.05, 3.63) is 0 Å². The summed E-state index contributed by atoms with van der Waals surface area (Å²) in [6, 6.07) is 0. The van der Waals surface area contributed by atoms with Gasteiger partial charge in [0.2, 0.25) is 0 Å². The van der Waals surface area contributed by atoms with E-state index in [1.165, 1.54) is 0 Å². The molecule has 13 heavy (non-hydrogen) atoms. The van der Waals surface area contributed by atoms with E-state index in [-0.39, 0.29) is 5.92 Å². The van der Waals surface area contributed by atoms with E-state index in [0.717, 1.165) is 0 Å². The van der Waals surface area contributed by atoms with Crippen molar-refractivity contribution in [2.45, 2.75) is 12.4 Å². The third-order valence-corrected chi connectivity index (χ3v) is 3.17. The third-order valence-electron chi connectivity index (χ3n) is 1.05. The lowest BCUT2D eigenvalue weighted by Gasteiger charge is -2.10. The van der Waals surface area contributed by atoms with Gasteiger partial charge in [-0.05, 0) is 5.92 Å². The first-order valence-electron chi connectivity index (χ1n) is 3.22. The molecule has 0 saturated heterocycles. The van der Waals surface area contributed by atoms with Crippen molar-refractivity contribution >= 4 is 26.0 Å². The molecule has 0 radical (unpaired) electrons. The van der Waals surface area contributed by atoms with E-state index in [4.69, 9.17) is 0 Å². The maximum absolute atomic E-state index is 11.7. The summed E-state index contributed by atoms with van der Waals surface area (Å²) in [5.74, 6) is -0.294. The van der Waals surface area contributed by atoms with Gasteiger partial charge in [-0.15, -0.1) is 0 Å². The van der Waals surface area contributed by atoms with Crippen LogP contribution in [-0.2, 0) is 14.3 Å². The van der Waals surface area contributed by atoms with Crippen LogP contribution in [0.5, 0.6) is 0 Å². The first-order chi connectivity index (χ1) is 5.70. The lowest BCUT2D eigenvalue weighted by atomic mass is 10.2. The maximum atomic E-state index is 11.7. The molecule has 0 aromatic heterocycles. The number of rotatable bonds is 4. The van der Waals surface area contributed by atoms with E-state index in [1.807, 2.05) is 0 Å². The van der Waals surface area contributed by atoms with Gasteiger partial charge < -0.3 is 0 Å². The molecule has 1 unspecified atom stereocenters. The van der Waals surface area contributed by atoms with E-state index in [1.54, 1.807) is 6.92 Å². The van der Waals surface area contributed by atoms with E-state index < -0.39 is 22.2 Å². The van der Waals surface area contributed by atoms with Gasteiger partial charge in [0, 0.05) is 5.33 Å². The molecule has 0 aliphatic carbocycles. The second-order valence-electron chi connectivity index (χ2n) is 2.44. The summed E-state index contributed by atoms with van der Waals surface area (Å²) in [6.07, 6.45) is 0. The average Bonchev–Trinajstić information content (AvgIpc) is 1.98. The molecule has 0 fully saturated rings. The minimum absolute atomic E-state index is 0.294. The quantitative estimate of drug-likeness (QED) is 0.450. The van der Waals surface area contributed by atoms with Crippen LogP contribution in [0.15, 0.2) is 0 Å². The highest BCUT2D eigenvalue weighted by Gasteiger charge is 2.47. The fraction of sp³-hybridized carbons (Fsp3) is 1.00. The van der Waals surface area contributed by atoms with Crippen LogP contribution in [-0.4, -0.2) is 25.9 Å². The lowest BCUT2D eigenvalue weighted by Crippen LogP contribution is -2.27. The largest absolute Gasteiger partial charge is 0.523 e. The lowest BCUT2D eigenvalue weighted by molar-refractivity contribution is -0.0547. The monoisotopic (exact) mass is 284 g/mol. The van der Waals surface area contributed by atoms with E-state index in [0.29, 0.717) is 5.33 Å². The van der Waals surface area contributed by atoms with E-state index >= 15 is 0 Å². The molecule has 1 atom stereocenters. The van der Waals surface area contributed by atoms with Crippen molar-refractivity contribution in [2.75, 3.05) is 11.9 Å². The Morgan fingerprint density at radius 1 is 1.46 bits per heavy atom. The molecule has 0 rings (SSSR count). The zero-order chi connectivity index (χ0) is 10.7. The van der Waals surface area contributed by atoms with Crippen molar-refractivity contribution in [2.24, 2.45) is 5.92 Å². The fourth-order valence-corrected chi connectivity index (χ4v) is 1.05. The molecule has 0 heterocycles. The Morgan fingerprint density at radius 3 is 2.23 bits per heavy atom. The second kappa shape index (κ2) is 4.61. The highest BCUT2D eigenvalue weighted by atomic mass is 79.9. The Balaban J connectivity index is 4.22. The van der Waals surface area contributed by atoms with Gasteiger partial charge in [0.1, 0.15) is 0 Å². The Hall–Kier alpha value is 0.180. The van der Waals surface area contributed by atoms with Crippen LogP contribution in [0.3, 0.4) is 0 Å². The summed E-state index contributed by atoms with van der Waals surface area (Å²) in [6.45, 7) is 1.08. The van der Waals surface area contributed by atoms with E-state index in [9.17, 15) is 21.6 Å². The van der Waals surface area contributed by atoms with Crippen LogP contribution >= 0.6 is 15.9 Å². The summed E-state index contributed by atoms with van der Waals surface area (Å²) in [5.41, 5.74) is -5.33. The number of halogens is 4. The molecule has 0 amide bonds. The first-order valence-corrected chi connectivity index (χ1v) is 5.75. The SMILES string of the molecule is CC(CBr)COS(=O)(=O)C(F)(F)F. The predicted molar refractivity (Wildman–Crippen MR) is 43.9 cm³/mol. The van der Waals surface area contributed by atoms with Gasteiger partial charge in [0.05, 0.1) is 6.61 Å². The molecule has 0 bridgehead atoms. The van der Waals surface area contributed by atoms with Crippen molar-refractivity contribution < 1.29 is 25.8 Å². The fourth-order valence-electron chi connectivity index (χ4n) is 0.317. The Morgan fingerprint density at radius 2 is 1.92 bits per heavy atom. The molecule has 0 saturated carbocycles. The van der Waals surface area contributed by atoms with Gasteiger partial charge in [-0.25, -0.2) is 0 Å². The van der Waals surface area contributed by atoms with Gasteiger partial charge in [-0.1, -0.05) is 22.9 Å². The molecule has 0 aliphatic rings. The van der Waals surface area contributed by atoms with Crippen LogP contribution in [0.4, 0.5) is 13.2 Å². The molecular formula is C5H8BrF3O3S. The number of alkyl halides is 4. The minimum Gasteiger partial charge on any atom is -0.263 e. The number of hydrogen-bond donors (Lipinski definition) is 0. The molecule has 0 N–H and O–H groups in total. The molecule has 3 nitrogen and oxygen atoms in total. The zero-order valence-electron chi connectivity index (χ0n) is 6.64. The van der Waals surface area contributed by atoms with Gasteiger partial charge in [0.25, 0.3) is 0 Å². The number of hydrogen-bond acceptors (Lipinski definition) is 3. The Labute approximate surface area is 82.5 Å². The smallest absolute Gasteiger partial charge is 0.263 e. The molecule has 80 valence electrons. The second-order valence-corrected chi connectivity index (χ2v) is 4.70. The van der Waals surface area contributed by atoms with Crippen LogP contribution in [0.25, 0.3) is 0 Å². The van der Waals surface area contributed by atoms with Gasteiger partial charge in [-0.3, -0.25) is 4.18 Å². The van der Waals surface area contributed by atoms with Crippen LogP contribution in [0, 0.1) is 5.92 Å².